The van der Waals surface area contributed by atoms with Crippen molar-refractivity contribution in [1.29, 1.82) is 0 Å². The predicted molar refractivity (Wildman–Crippen MR) is 88.9 cm³/mol. The molecule has 1 atom stereocenters. The van der Waals surface area contributed by atoms with Crippen LogP contribution in [0.5, 0.6) is 0 Å². The highest BCUT2D eigenvalue weighted by atomic mass is 16.2. The molecule has 0 aliphatic carbocycles. The van der Waals surface area contributed by atoms with Crippen LogP contribution in [0.25, 0.3) is 0 Å². The van der Waals surface area contributed by atoms with E-state index in [0.717, 1.165) is 11.1 Å². The summed E-state index contributed by atoms with van der Waals surface area (Å²) in [6.45, 7) is 1.01. The van der Waals surface area contributed by atoms with Crippen molar-refractivity contribution < 1.29 is 9.59 Å². The predicted octanol–water partition coefficient (Wildman–Crippen LogP) is 1.50. The van der Waals surface area contributed by atoms with Gasteiger partial charge in [-0.05, 0) is 17.5 Å². The minimum Gasteiger partial charge on any atom is -0.354 e. The van der Waals surface area contributed by atoms with Gasteiger partial charge in [-0.3, -0.25) is 9.59 Å². The number of carbonyl (C=O) groups excluding carboxylic acids is 2. The van der Waals surface area contributed by atoms with Crippen LogP contribution in [0, 0.1) is 0 Å². The van der Waals surface area contributed by atoms with Gasteiger partial charge >= 0.3 is 0 Å². The van der Waals surface area contributed by atoms with Crippen molar-refractivity contribution in [2.45, 2.75) is 25.3 Å². The standard InChI is InChI=1S/C18H20N4O2/c23-17-10-16(15-4-2-1-3-5-15)22(9-8-21-17)18(24)7-6-14-11-19-13-20-12-14/h1-5,11-13,16H,6-10H2,(H,21,23). The van der Waals surface area contributed by atoms with Crippen LogP contribution in [0.4, 0.5) is 0 Å². The first-order chi connectivity index (χ1) is 11.7. The quantitative estimate of drug-likeness (QED) is 0.925. The van der Waals surface area contributed by atoms with Crippen LogP contribution in [0.15, 0.2) is 49.1 Å². The zero-order valence-electron chi connectivity index (χ0n) is 13.4. The van der Waals surface area contributed by atoms with E-state index in [4.69, 9.17) is 0 Å². The molecular weight excluding hydrogens is 304 g/mol. The second-order valence-electron chi connectivity index (χ2n) is 5.81. The minimum absolute atomic E-state index is 0.0180. The van der Waals surface area contributed by atoms with E-state index in [9.17, 15) is 9.59 Å². The Morgan fingerprint density at radius 3 is 2.71 bits per heavy atom. The third kappa shape index (κ3) is 3.95. The van der Waals surface area contributed by atoms with E-state index in [-0.39, 0.29) is 17.9 Å². The zero-order chi connectivity index (χ0) is 16.8. The molecule has 1 unspecified atom stereocenters. The van der Waals surface area contributed by atoms with Crippen LogP contribution in [0.3, 0.4) is 0 Å². The van der Waals surface area contributed by atoms with Gasteiger partial charge in [0.2, 0.25) is 11.8 Å². The summed E-state index contributed by atoms with van der Waals surface area (Å²) in [5, 5.41) is 2.85. The molecule has 6 nitrogen and oxygen atoms in total. The molecule has 1 fully saturated rings. The Morgan fingerprint density at radius 2 is 1.96 bits per heavy atom. The zero-order valence-corrected chi connectivity index (χ0v) is 13.4. The van der Waals surface area contributed by atoms with Gasteiger partial charge in [0.15, 0.2) is 0 Å². The van der Waals surface area contributed by atoms with Gasteiger partial charge in [0, 0.05) is 31.9 Å². The van der Waals surface area contributed by atoms with Gasteiger partial charge < -0.3 is 10.2 Å². The summed E-state index contributed by atoms with van der Waals surface area (Å²) in [7, 11) is 0. The number of carbonyl (C=O) groups is 2. The summed E-state index contributed by atoms with van der Waals surface area (Å²) < 4.78 is 0. The van der Waals surface area contributed by atoms with E-state index < -0.39 is 0 Å². The summed E-state index contributed by atoms with van der Waals surface area (Å²) in [6, 6.07) is 9.52. The van der Waals surface area contributed by atoms with E-state index in [1.54, 1.807) is 12.4 Å². The number of aryl methyl sites for hydroxylation is 1. The van der Waals surface area contributed by atoms with Crippen molar-refractivity contribution in [3.8, 4) is 0 Å². The Morgan fingerprint density at radius 1 is 1.21 bits per heavy atom. The second kappa shape index (κ2) is 7.68. The smallest absolute Gasteiger partial charge is 0.223 e. The topological polar surface area (TPSA) is 75.2 Å². The van der Waals surface area contributed by atoms with E-state index in [2.05, 4.69) is 15.3 Å². The summed E-state index contributed by atoms with van der Waals surface area (Å²) in [6.07, 6.45) is 6.20. The highest BCUT2D eigenvalue weighted by Gasteiger charge is 2.29. The molecule has 1 N–H and O–H groups in total. The molecule has 6 heteroatoms. The normalized spacial score (nSPS) is 17.9. The highest BCUT2D eigenvalue weighted by Crippen LogP contribution is 2.26. The van der Waals surface area contributed by atoms with Gasteiger partial charge in [-0.2, -0.15) is 0 Å². The highest BCUT2D eigenvalue weighted by molar-refractivity contribution is 5.81. The Hall–Kier alpha value is -2.76. The SMILES string of the molecule is O=C1CC(c2ccccc2)N(C(=O)CCc2cncnc2)CCN1. The number of aromatic nitrogens is 2. The molecule has 0 radical (unpaired) electrons. The van der Waals surface area contributed by atoms with Gasteiger partial charge in [-0.1, -0.05) is 30.3 Å². The van der Waals surface area contributed by atoms with Crippen LogP contribution in [0.2, 0.25) is 0 Å². The molecule has 124 valence electrons. The van der Waals surface area contributed by atoms with Gasteiger partial charge in [-0.15, -0.1) is 0 Å². The lowest BCUT2D eigenvalue weighted by molar-refractivity contribution is -0.133. The molecule has 2 heterocycles. The maximum absolute atomic E-state index is 12.8. The molecular formula is C18H20N4O2. The summed E-state index contributed by atoms with van der Waals surface area (Å²) in [5.41, 5.74) is 1.93. The van der Waals surface area contributed by atoms with Crippen molar-refractivity contribution >= 4 is 11.8 Å². The molecule has 1 aromatic carbocycles. The molecule has 24 heavy (non-hydrogen) atoms. The first-order valence-corrected chi connectivity index (χ1v) is 8.09. The number of hydrogen-bond acceptors (Lipinski definition) is 4. The summed E-state index contributed by atoms with van der Waals surface area (Å²) in [4.78, 5) is 34.5. The van der Waals surface area contributed by atoms with Gasteiger partial charge in [0.1, 0.15) is 6.33 Å². The van der Waals surface area contributed by atoms with Crippen molar-refractivity contribution in [3.05, 3.63) is 60.2 Å². The van der Waals surface area contributed by atoms with Crippen LogP contribution in [0.1, 0.15) is 30.0 Å². The monoisotopic (exact) mass is 324 g/mol. The fourth-order valence-corrected chi connectivity index (χ4v) is 2.96. The van der Waals surface area contributed by atoms with E-state index in [0.29, 0.717) is 32.4 Å². The molecule has 2 aromatic rings. The van der Waals surface area contributed by atoms with Crippen molar-refractivity contribution in [3.63, 3.8) is 0 Å². The fraction of sp³-hybridized carbons (Fsp3) is 0.333. The third-order valence-electron chi connectivity index (χ3n) is 4.18. The van der Waals surface area contributed by atoms with Gasteiger partial charge in [-0.25, -0.2) is 9.97 Å². The summed E-state index contributed by atoms with van der Waals surface area (Å²) >= 11 is 0. The Bertz CT molecular complexity index is 691. The number of hydrogen-bond donors (Lipinski definition) is 1. The average Bonchev–Trinajstić information content (AvgIpc) is 2.83. The summed E-state index contributed by atoms with van der Waals surface area (Å²) in [5.74, 6) is 0.0276. The Labute approximate surface area is 140 Å². The second-order valence-corrected chi connectivity index (χ2v) is 5.81. The molecule has 1 aliphatic rings. The van der Waals surface area contributed by atoms with Crippen LogP contribution >= 0.6 is 0 Å². The first-order valence-electron chi connectivity index (χ1n) is 8.09. The lowest BCUT2D eigenvalue weighted by atomic mass is 10.0. The minimum atomic E-state index is -0.215. The molecule has 2 amide bonds. The number of rotatable bonds is 4. The van der Waals surface area contributed by atoms with E-state index in [1.165, 1.54) is 6.33 Å². The van der Waals surface area contributed by atoms with Crippen LogP contribution in [-0.4, -0.2) is 39.8 Å². The van der Waals surface area contributed by atoms with Crippen molar-refractivity contribution in [1.82, 2.24) is 20.2 Å². The first kappa shape index (κ1) is 16.1. The molecule has 0 bridgehead atoms. The van der Waals surface area contributed by atoms with Crippen LogP contribution in [-0.2, 0) is 16.0 Å². The number of nitrogens with zero attached hydrogens (tertiary/aromatic N) is 3. The maximum atomic E-state index is 12.8. The van der Waals surface area contributed by atoms with E-state index >= 15 is 0 Å². The van der Waals surface area contributed by atoms with Crippen molar-refractivity contribution in [2.75, 3.05) is 13.1 Å². The van der Waals surface area contributed by atoms with Gasteiger partial charge in [0.25, 0.3) is 0 Å². The number of amides is 2. The maximum Gasteiger partial charge on any atom is 0.223 e. The van der Waals surface area contributed by atoms with Gasteiger partial charge in [0.05, 0.1) is 12.5 Å². The molecule has 0 saturated carbocycles. The molecule has 1 aromatic heterocycles. The Balaban J connectivity index is 1.74. The van der Waals surface area contributed by atoms with E-state index in [1.807, 2.05) is 35.2 Å². The van der Waals surface area contributed by atoms with Crippen LogP contribution < -0.4 is 5.32 Å². The molecule has 1 saturated heterocycles. The average molecular weight is 324 g/mol. The molecule has 0 spiro atoms. The third-order valence-corrected chi connectivity index (χ3v) is 4.18. The van der Waals surface area contributed by atoms with Crippen molar-refractivity contribution in [2.24, 2.45) is 0 Å². The fourth-order valence-electron chi connectivity index (χ4n) is 2.96. The molecule has 1 aliphatic heterocycles. The largest absolute Gasteiger partial charge is 0.354 e. The molecule has 3 rings (SSSR count). The Kier molecular flexibility index (Phi) is 5.15. The number of benzene rings is 1. The number of nitrogens with one attached hydrogen (secondary N) is 1. The lowest BCUT2D eigenvalue weighted by Gasteiger charge is -2.29. The lowest BCUT2D eigenvalue weighted by Crippen LogP contribution is -2.36.